The number of likely N-dealkylation sites (N-methyl/N-ethyl adjacent to an activating group) is 1. The summed E-state index contributed by atoms with van der Waals surface area (Å²) < 4.78 is 30.4. The summed E-state index contributed by atoms with van der Waals surface area (Å²) >= 11 is 0. The van der Waals surface area contributed by atoms with Gasteiger partial charge in [-0.25, -0.2) is 0 Å². The van der Waals surface area contributed by atoms with Crippen molar-refractivity contribution >= 4 is 19.7 Å². The van der Waals surface area contributed by atoms with Crippen LogP contribution in [-0.4, -0.2) is 69.4 Å². The van der Waals surface area contributed by atoms with Gasteiger partial charge in [-0.2, -0.15) is 0 Å². The summed E-state index contributed by atoms with van der Waals surface area (Å²) in [5, 5.41) is 3.02. The highest BCUT2D eigenvalue weighted by Crippen LogP contribution is 2.38. The highest BCUT2D eigenvalue weighted by atomic mass is 31.2. The molecule has 10 heteroatoms. The van der Waals surface area contributed by atoms with E-state index in [0.29, 0.717) is 17.4 Å². The average Bonchev–Trinajstić information content (AvgIpc) is 3.44. The molecule has 0 aliphatic carbocycles. The normalized spacial score (nSPS) is 14.3. The van der Waals surface area contributed by atoms with Gasteiger partial charge < -0.3 is 28.5 Å². The molecule has 3 atom stereocenters. The third-order valence-corrected chi connectivity index (χ3v) is 15.2. The molecule has 3 unspecified atom stereocenters. The molecule has 0 saturated carbocycles. The van der Waals surface area contributed by atoms with E-state index in [0.717, 1.165) is 122 Å². The molecule has 0 aliphatic heterocycles. The standard InChI is InChI=1S/C71H125N2O7P/c1-7-10-13-16-19-22-25-28-30-32-34-35-36-37-39-40-42-45-48-51-54-57-60-63-70(74)72-68(67-79-81(76,77)78-66-65-73(4,5)6)69(62-59-56-53-50-47-44-27-24-21-18-15-12-9-3)80-71(75)64-61-58-55-52-49-46-43-41-38-33-31-29-26-23-20-17-14-11-8-2/h10,13,19-20,22-23,28-31,34-35,37,39,42,45,59,62,68-69H,7-9,11-12,14-18,21,24-27,32-33,36,38,40-41,43-44,46-58,60-61,63-67H2,1-6H3,(H-,72,74,76,77)/b13-10-,22-19-,23-20-,30-28-,31-29-,35-34-,39-37-,45-42-,62-59-. The summed E-state index contributed by atoms with van der Waals surface area (Å²) in [5.74, 6) is -0.576. The number of esters is 1. The van der Waals surface area contributed by atoms with Crippen LogP contribution in [0.3, 0.4) is 0 Å². The zero-order valence-corrected chi connectivity index (χ0v) is 54.1. The van der Waals surface area contributed by atoms with Crippen LogP contribution in [0, 0.1) is 0 Å². The summed E-state index contributed by atoms with van der Waals surface area (Å²) in [6.45, 7) is 6.69. The van der Waals surface area contributed by atoms with Crippen LogP contribution >= 0.6 is 7.82 Å². The third-order valence-electron chi connectivity index (χ3n) is 14.2. The molecule has 0 aromatic carbocycles. The van der Waals surface area contributed by atoms with E-state index in [1.807, 2.05) is 33.3 Å². The molecular weight excluding hydrogens is 1020 g/mol. The molecule has 0 aromatic heterocycles. The van der Waals surface area contributed by atoms with Gasteiger partial charge in [-0.3, -0.25) is 14.2 Å². The second-order valence-corrected chi connectivity index (χ2v) is 24.6. The maximum atomic E-state index is 13.6. The van der Waals surface area contributed by atoms with Gasteiger partial charge in [-0.05, 0) is 115 Å². The Bertz CT molecular complexity index is 1750. The van der Waals surface area contributed by atoms with E-state index in [9.17, 15) is 19.0 Å². The molecule has 0 heterocycles. The maximum absolute atomic E-state index is 13.6. The lowest BCUT2D eigenvalue weighted by atomic mass is 10.0. The zero-order chi connectivity index (χ0) is 59.3. The number of ether oxygens (including phenoxy) is 1. The van der Waals surface area contributed by atoms with Crippen molar-refractivity contribution in [1.29, 1.82) is 0 Å². The van der Waals surface area contributed by atoms with Gasteiger partial charge in [-0.1, -0.05) is 259 Å². The molecule has 81 heavy (non-hydrogen) atoms. The Labute approximate surface area is 500 Å². The fourth-order valence-corrected chi connectivity index (χ4v) is 9.81. The minimum atomic E-state index is -4.72. The van der Waals surface area contributed by atoms with Gasteiger partial charge in [0.2, 0.25) is 5.91 Å². The minimum Gasteiger partial charge on any atom is -0.756 e. The number of hydrogen-bond donors (Lipinski definition) is 1. The summed E-state index contributed by atoms with van der Waals surface area (Å²) in [6, 6.07) is -0.911. The zero-order valence-electron chi connectivity index (χ0n) is 53.2. The van der Waals surface area contributed by atoms with E-state index in [-0.39, 0.29) is 31.3 Å². The topological polar surface area (TPSA) is 114 Å². The number of phosphoric ester groups is 1. The molecular formula is C71H125N2O7P. The monoisotopic (exact) mass is 1150 g/mol. The summed E-state index contributed by atoms with van der Waals surface area (Å²) in [7, 11) is 1.15. The molecule has 0 aliphatic rings. The van der Waals surface area contributed by atoms with E-state index in [1.165, 1.54) is 116 Å². The fraction of sp³-hybridized carbons (Fsp3) is 0.718. The maximum Gasteiger partial charge on any atom is 0.306 e. The SMILES string of the molecule is CC/C=C\C/C=C\C/C=C\C/C=C\C/C=C\C/C=C\CCCCCCC(=O)NC(COP(=O)([O-])OCC[N+](C)(C)C)C(/C=C\CCCCCCCCCCCCC)OC(=O)CCCCCCCCCCC/C=C\C/C=C\CCCCC. The van der Waals surface area contributed by atoms with Gasteiger partial charge in [0, 0.05) is 12.8 Å². The van der Waals surface area contributed by atoms with E-state index in [1.54, 1.807) is 0 Å². The largest absolute Gasteiger partial charge is 0.756 e. The van der Waals surface area contributed by atoms with Crippen LogP contribution in [-0.2, 0) is 27.9 Å². The molecule has 0 fully saturated rings. The van der Waals surface area contributed by atoms with Crippen molar-refractivity contribution in [3.8, 4) is 0 Å². The average molecular weight is 1150 g/mol. The van der Waals surface area contributed by atoms with Crippen LogP contribution < -0.4 is 10.2 Å². The van der Waals surface area contributed by atoms with Gasteiger partial charge in [-0.15, -0.1) is 0 Å². The van der Waals surface area contributed by atoms with Crippen molar-refractivity contribution in [2.75, 3.05) is 40.9 Å². The van der Waals surface area contributed by atoms with Crippen molar-refractivity contribution in [2.24, 2.45) is 0 Å². The van der Waals surface area contributed by atoms with Crippen LogP contribution in [0.1, 0.15) is 278 Å². The van der Waals surface area contributed by atoms with E-state index < -0.39 is 26.6 Å². The smallest absolute Gasteiger partial charge is 0.306 e. The Hall–Kier alpha value is -3.33. The highest BCUT2D eigenvalue weighted by Gasteiger charge is 2.27. The van der Waals surface area contributed by atoms with Crippen LogP contribution in [0.4, 0.5) is 0 Å². The summed E-state index contributed by atoms with van der Waals surface area (Å²) in [6.07, 6.45) is 81.9. The summed E-state index contributed by atoms with van der Waals surface area (Å²) in [4.78, 5) is 40.1. The lowest BCUT2D eigenvalue weighted by Crippen LogP contribution is -2.47. The number of unbranched alkanes of at least 4 members (excludes halogenated alkanes) is 27. The molecule has 1 N–H and O–H groups in total. The molecule has 1 amide bonds. The molecule has 9 nitrogen and oxygen atoms in total. The number of amides is 1. The number of nitrogens with one attached hydrogen (secondary N) is 1. The Balaban J connectivity index is 5.28. The van der Waals surface area contributed by atoms with Gasteiger partial charge in [0.05, 0.1) is 33.8 Å². The van der Waals surface area contributed by atoms with Crippen LogP contribution in [0.2, 0.25) is 0 Å². The summed E-state index contributed by atoms with van der Waals surface area (Å²) in [5.41, 5.74) is 0. The van der Waals surface area contributed by atoms with Gasteiger partial charge in [0.1, 0.15) is 19.3 Å². The number of carbonyl (C=O) groups excluding carboxylic acids is 2. The minimum absolute atomic E-state index is 0.0335. The van der Waals surface area contributed by atoms with E-state index >= 15 is 0 Å². The number of quaternary nitrogens is 1. The van der Waals surface area contributed by atoms with Crippen LogP contribution in [0.5, 0.6) is 0 Å². The van der Waals surface area contributed by atoms with Crippen molar-refractivity contribution in [3.05, 3.63) is 109 Å². The fourth-order valence-electron chi connectivity index (χ4n) is 9.08. The van der Waals surface area contributed by atoms with Crippen molar-refractivity contribution in [1.82, 2.24) is 5.32 Å². The number of nitrogens with zero attached hydrogens (tertiary/aromatic N) is 1. The number of phosphoric acid groups is 1. The van der Waals surface area contributed by atoms with Crippen molar-refractivity contribution < 1.29 is 37.3 Å². The Morgan fingerprint density at radius 2 is 0.790 bits per heavy atom. The Kier molecular flexibility index (Phi) is 57.4. The van der Waals surface area contributed by atoms with Gasteiger partial charge >= 0.3 is 5.97 Å². The molecule has 0 spiro atoms. The molecule has 0 radical (unpaired) electrons. The second kappa shape index (κ2) is 59.8. The van der Waals surface area contributed by atoms with E-state index in [4.69, 9.17) is 13.8 Å². The number of hydrogen-bond acceptors (Lipinski definition) is 7. The molecule has 0 bridgehead atoms. The molecule has 0 aromatic rings. The van der Waals surface area contributed by atoms with Crippen LogP contribution in [0.15, 0.2) is 109 Å². The Morgan fingerprint density at radius 1 is 0.444 bits per heavy atom. The van der Waals surface area contributed by atoms with Crippen LogP contribution in [0.25, 0.3) is 0 Å². The predicted molar refractivity (Wildman–Crippen MR) is 348 cm³/mol. The first-order chi connectivity index (χ1) is 39.4. The molecule has 466 valence electrons. The lowest BCUT2D eigenvalue weighted by Gasteiger charge is -2.30. The van der Waals surface area contributed by atoms with Gasteiger partial charge in [0.15, 0.2) is 0 Å². The van der Waals surface area contributed by atoms with Gasteiger partial charge in [0.25, 0.3) is 7.82 Å². The molecule has 0 saturated heterocycles. The first-order valence-corrected chi connectivity index (χ1v) is 34.7. The first-order valence-electron chi connectivity index (χ1n) is 33.2. The van der Waals surface area contributed by atoms with E-state index in [2.05, 4.69) is 123 Å². The predicted octanol–water partition coefficient (Wildman–Crippen LogP) is 20.3. The molecule has 0 rings (SSSR count). The Morgan fingerprint density at radius 3 is 1.21 bits per heavy atom. The number of carbonyl (C=O) groups is 2. The highest BCUT2D eigenvalue weighted by molar-refractivity contribution is 7.45. The number of rotatable bonds is 59. The third kappa shape index (κ3) is 61.1. The number of allylic oxidation sites excluding steroid dienone is 17. The quantitative estimate of drug-likeness (QED) is 0.0212. The van der Waals surface area contributed by atoms with Crippen molar-refractivity contribution in [3.63, 3.8) is 0 Å². The first kappa shape index (κ1) is 77.7. The van der Waals surface area contributed by atoms with Crippen molar-refractivity contribution in [2.45, 2.75) is 290 Å². The lowest BCUT2D eigenvalue weighted by molar-refractivity contribution is -0.870. The second-order valence-electron chi connectivity index (χ2n) is 23.2.